The Balaban J connectivity index is 2.45. The van der Waals surface area contributed by atoms with E-state index in [4.69, 9.17) is 0 Å². The van der Waals surface area contributed by atoms with Gasteiger partial charge in [-0.25, -0.2) is 15.0 Å². The van der Waals surface area contributed by atoms with Crippen molar-refractivity contribution in [1.82, 2.24) is 9.55 Å². The molecule has 0 N–H and O–H groups in total. The molecule has 0 fully saturated rings. The van der Waals surface area contributed by atoms with E-state index in [1.807, 2.05) is 11.6 Å². The fourth-order valence-corrected chi connectivity index (χ4v) is 1.03. The fourth-order valence-electron chi connectivity index (χ4n) is 0.819. The molecule has 0 aromatic carbocycles. The zero-order valence-corrected chi connectivity index (χ0v) is 6.79. The van der Waals surface area contributed by atoms with Crippen LogP contribution in [0.4, 0.5) is 0 Å². The average molecular weight is 166 g/mol. The zero-order valence-electron chi connectivity index (χ0n) is 5.89. The summed E-state index contributed by atoms with van der Waals surface area (Å²) in [5.74, 6) is 0.663. The summed E-state index contributed by atoms with van der Waals surface area (Å²) in [5.41, 5.74) is 0.748. The summed E-state index contributed by atoms with van der Waals surface area (Å²) >= 11 is 4.24. The Kier molecular flexibility index (Phi) is 1.32. The highest BCUT2D eigenvalue weighted by molar-refractivity contribution is 7.80. The van der Waals surface area contributed by atoms with E-state index in [1.165, 1.54) is 6.34 Å². The van der Waals surface area contributed by atoms with Crippen molar-refractivity contribution < 1.29 is 0 Å². The minimum Gasteiger partial charge on any atom is -0.329 e. The van der Waals surface area contributed by atoms with Gasteiger partial charge >= 0.3 is 0 Å². The number of rotatable bonds is 1. The van der Waals surface area contributed by atoms with Crippen molar-refractivity contribution >= 4 is 24.8 Å². The van der Waals surface area contributed by atoms with Crippen LogP contribution in [0, 0.1) is 0 Å². The summed E-state index contributed by atoms with van der Waals surface area (Å²) in [6.07, 6.45) is 3.19. The molecular formula is C6H6N4S. The van der Waals surface area contributed by atoms with Crippen molar-refractivity contribution in [2.45, 2.75) is 5.03 Å². The number of thiol groups is 1. The molecule has 0 atom stereocenters. The highest BCUT2D eigenvalue weighted by atomic mass is 32.1. The van der Waals surface area contributed by atoms with Crippen LogP contribution < -0.4 is 0 Å². The topological polar surface area (TPSA) is 42.5 Å². The van der Waals surface area contributed by atoms with E-state index in [0.29, 0.717) is 5.84 Å². The van der Waals surface area contributed by atoms with E-state index in [2.05, 4.69) is 27.6 Å². The molecule has 0 unspecified atom stereocenters. The van der Waals surface area contributed by atoms with Gasteiger partial charge in [-0.15, -0.1) is 12.6 Å². The first-order valence-corrected chi connectivity index (χ1v) is 3.55. The van der Waals surface area contributed by atoms with E-state index < -0.39 is 0 Å². The first-order valence-electron chi connectivity index (χ1n) is 3.10. The van der Waals surface area contributed by atoms with Gasteiger partial charge in [0, 0.05) is 7.05 Å². The Bertz CT molecular complexity index is 349. The lowest BCUT2D eigenvalue weighted by Gasteiger charge is -2.01. The Morgan fingerprint density at radius 2 is 2.27 bits per heavy atom. The van der Waals surface area contributed by atoms with Crippen molar-refractivity contribution in [3.8, 4) is 0 Å². The molecule has 1 aromatic rings. The van der Waals surface area contributed by atoms with Gasteiger partial charge in [0.15, 0.2) is 5.84 Å². The molecule has 11 heavy (non-hydrogen) atoms. The van der Waals surface area contributed by atoms with Crippen molar-refractivity contribution in [2.24, 2.45) is 17.0 Å². The maximum Gasteiger partial charge on any atom is 0.183 e. The van der Waals surface area contributed by atoms with E-state index >= 15 is 0 Å². The number of aryl methyl sites for hydroxylation is 1. The molecule has 0 saturated carbocycles. The van der Waals surface area contributed by atoms with E-state index in [0.717, 1.165) is 10.7 Å². The Morgan fingerprint density at radius 1 is 1.55 bits per heavy atom. The fraction of sp³-hybridized carbons (Fsp3) is 0.167. The molecule has 2 heterocycles. The van der Waals surface area contributed by atoms with Crippen molar-refractivity contribution in [2.75, 3.05) is 0 Å². The minimum absolute atomic E-state index is 0.663. The predicted molar refractivity (Wildman–Crippen MR) is 45.5 cm³/mol. The molecule has 0 spiro atoms. The van der Waals surface area contributed by atoms with Crippen LogP contribution in [0.5, 0.6) is 0 Å². The average Bonchev–Trinajstić information content (AvgIpc) is 2.15. The minimum atomic E-state index is 0.663. The van der Waals surface area contributed by atoms with Crippen LogP contribution in [0.1, 0.15) is 5.69 Å². The number of imidazole rings is 1. The van der Waals surface area contributed by atoms with Gasteiger partial charge in [-0.1, -0.05) is 0 Å². The number of aromatic nitrogens is 2. The third-order valence-electron chi connectivity index (χ3n) is 1.48. The summed E-state index contributed by atoms with van der Waals surface area (Å²) in [6.45, 7) is 0. The Morgan fingerprint density at radius 3 is 2.64 bits per heavy atom. The molecule has 0 aliphatic carbocycles. The second kappa shape index (κ2) is 2.20. The van der Waals surface area contributed by atoms with Gasteiger partial charge in [-0.3, -0.25) is 0 Å². The van der Waals surface area contributed by atoms with Gasteiger partial charge in [-0.2, -0.15) is 0 Å². The molecule has 0 amide bonds. The lowest BCUT2D eigenvalue weighted by molar-refractivity contribution is 0.825. The van der Waals surface area contributed by atoms with Gasteiger partial charge in [0.05, 0.1) is 6.33 Å². The summed E-state index contributed by atoms with van der Waals surface area (Å²) in [7, 11) is 1.88. The van der Waals surface area contributed by atoms with E-state index in [9.17, 15) is 0 Å². The molecule has 56 valence electrons. The van der Waals surface area contributed by atoms with Crippen LogP contribution in [0.2, 0.25) is 0 Å². The highest BCUT2D eigenvalue weighted by Crippen LogP contribution is 2.14. The molecule has 0 bridgehead atoms. The van der Waals surface area contributed by atoms with Crippen LogP contribution in [0.15, 0.2) is 21.3 Å². The van der Waals surface area contributed by atoms with Gasteiger partial charge in [0.1, 0.15) is 17.1 Å². The normalized spacial score (nSPS) is 14.5. The highest BCUT2D eigenvalue weighted by Gasteiger charge is 2.13. The van der Waals surface area contributed by atoms with Crippen LogP contribution >= 0.6 is 12.6 Å². The van der Waals surface area contributed by atoms with Gasteiger partial charge in [-0.05, 0) is 0 Å². The lowest BCUT2D eigenvalue weighted by atomic mass is 10.4. The largest absolute Gasteiger partial charge is 0.329 e. The third-order valence-corrected chi connectivity index (χ3v) is 2.01. The number of hydrogen-bond acceptors (Lipinski definition) is 4. The summed E-state index contributed by atoms with van der Waals surface area (Å²) in [4.78, 5) is 11.9. The SMILES string of the molecule is Cn1cnc(C2=NC=N2)c1S. The number of amidine groups is 1. The first kappa shape index (κ1) is 6.60. The first-order chi connectivity index (χ1) is 5.29. The van der Waals surface area contributed by atoms with Gasteiger partial charge < -0.3 is 4.57 Å². The maximum atomic E-state index is 4.24. The molecule has 1 aliphatic heterocycles. The maximum absolute atomic E-state index is 4.24. The van der Waals surface area contributed by atoms with Gasteiger partial charge in [0.25, 0.3) is 0 Å². The van der Waals surface area contributed by atoms with Crippen LogP contribution in [0.3, 0.4) is 0 Å². The summed E-state index contributed by atoms with van der Waals surface area (Å²) < 4.78 is 1.81. The molecule has 0 radical (unpaired) electrons. The van der Waals surface area contributed by atoms with Crippen LogP contribution in [-0.2, 0) is 7.05 Å². The van der Waals surface area contributed by atoms with E-state index in [-0.39, 0.29) is 0 Å². The van der Waals surface area contributed by atoms with Crippen LogP contribution in [0.25, 0.3) is 0 Å². The lowest BCUT2D eigenvalue weighted by Crippen LogP contribution is -2.06. The summed E-state index contributed by atoms with van der Waals surface area (Å²) in [6, 6.07) is 0. The molecule has 1 aliphatic rings. The third kappa shape index (κ3) is 0.883. The zero-order chi connectivity index (χ0) is 7.84. The molecule has 0 saturated heterocycles. The molecular weight excluding hydrogens is 160 g/mol. The number of aliphatic imine (C=N–C) groups is 2. The number of nitrogens with zero attached hydrogens (tertiary/aromatic N) is 4. The monoisotopic (exact) mass is 166 g/mol. The Labute approximate surface area is 69.1 Å². The quantitative estimate of drug-likeness (QED) is 0.606. The second-order valence-corrected chi connectivity index (χ2v) is 2.65. The second-order valence-electron chi connectivity index (χ2n) is 2.22. The molecule has 4 nitrogen and oxygen atoms in total. The van der Waals surface area contributed by atoms with Gasteiger partial charge in [0.2, 0.25) is 0 Å². The molecule has 1 aromatic heterocycles. The summed E-state index contributed by atoms with van der Waals surface area (Å²) in [5, 5.41) is 0.792. The van der Waals surface area contributed by atoms with Crippen molar-refractivity contribution in [1.29, 1.82) is 0 Å². The smallest absolute Gasteiger partial charge is 0.183 e. The van der Waals surface area contributed by atoms with Crippen molar-refractivity contribution in [3.05, 3.63) is 12.0 Å². The predicted octanol–water partition coefficient (Wildman–Crippen LogP) is 0.497. The van der Waals surface area contributed by atoms with Crippen LogP contribution in [-0.4, -0.2) is 21.7 Å². The molecule has 2 rings (SSSR count). The van der Waals surface area contributed by atoms with Crippen molar-refractivity contribution in [3.63, 3.8) is 0 Å². The standard InChI is InChI=1S/C6H6N4S/c1-10-3-9-4(6(10)11)5-7-2-8-5/h2-3,11H,1H3. The number of hydrogen-bond donors (Lipinski definition) is 1. The van der Waals surface area contributed by atoms with E-state index in [1.54, 1.807) is 6.33 Å². The molecule has 5 heteroatoms. The Hall–Kier alpha value is -1.10.